The summed E-state index contributed by atoms with van der Waals surface area (Å²) >= 11 is 6.60. The Hall–Kier alpha value is -2.02. The molecule has 1 heterocycles. The van der Waals surface area contributed by atoms with Crippen LogP contribution >= 0.6 is 22.9 Å². The molecule has 0 saturated carbocycles. The molecule has 148 valence electrons. The summed E-state index contributed by atoms with van der Waals surface area (Å²) in [7, 11) is -3.71. The second-order valence-corrected chi connectivity index (χ2v) is 8.60. The maximum Gasteiger partial charge on any atom is 0.573 e. The third kappa shape index (κ3) is 6.90. The number of rotatable bonds is 7. The molecule has 13 heteroatoms. The monoisotopic (exact) mass is 442 g/mol. The number of hydrogen-bond donors (Lipinski definition) is 3. The number of sulfonamides is 1. The fraction of sp³-hybridized carbons (Fsp3) is 0.214. The molecule has 1 aromatic carbocycles. The van der Waals surface area contributed by atoms with Crippen LogP contribution in [0.5, 0.6) is 5.75 Å². The first-order chi connectivity index (χ1) is 12.6. The summed E-state index contributed by atoms with van der Waals surface area (Å²) in [4.78, 5) is 3.86. The van der Waals surface area contributed by atoms with Crippen molar-refractivity contribution in [1.82, 2.24) is 4.72 Å². The lowest BCUT2D eigenvalue weighted by molar-refractivity contribution is -0.274. The van der Waals surface area contributed by atoms with Crippen LogP contribution in [0.3, 0.4) is 0 Å². The van der Waals surface area contributed by atoms with E-state index in [0.717, 1.165) is 17.4 Å². The Morgan fingerprint density at radius 3 is 2.59 bits per heavy atom. The van der Waals surface area contributed by atoms with E-state index >= 15 is 0 Å². The van der Waals surface area contributed by atoms with Crippen LogP contribution in [0.15, 0.2) is 45.6 Å². The lowest BCUT2D eigenvalue weighted by Gasteiger charge is -2.14. The Bertz CT molecular complexity index is 916. The van der Waals surface area contributed by atoms with Gasteiger partial charge < -0.3 is 15.8 Å². The highest BCUT2D eigenvalue weighted by atomic mass is 35.5. The first-order valence-corrected chi connectivity index (χ1v) is 9.91. The smallest absolute Gasteiger partial charge is 0.404 e. The number of ether oxygens (including phenoxy) is 1. The van der Waals surface area contributed by atoms with E-state index in [9.17, 15) is 21.6 Å². The van der Waals surface area contributed by atoms with Gasteiger partial charge >= 0.3 is 6.36 Å². The second-order valence-electron chi connectivity index (χ2n) is 4.89. The zero-order chi connectivity index (χ0) is 20.1. The van der Waals surface area contributed by atoms with E-state index in [-0.39, 0.29) is 28.9 Å². The second kappa shape index (κ2) is 8.78. The first-order valence-electron chi connectivity index (χ1n) is 7.23. The van der Waals surface area contributed by atoms with E-state index in [2.05, 4.69) is 19.8 Å². The molecule has 0 saturated heterocycles. The lowest BCUT2D eigenvalue weighted by Crippen LogP contribution is -2.28. The topological polar surface area (TPSA) is 106 Å². The van der Waals surface area contributed by atoms with Crippen LogP contribution in [-0.2, 0) is 10.0 Å². The molecule has 0 atom stereocenters. The van der Waals surface area contributed by atoms with Crippen molar-refractivity contribution in [3.05, 3.63) is 40.7 Å². The number of anilines is 1. The molecule has 0 bridgehead atoms. The quantitative estimate of drug-likeness (QED) is 0.347. The average Bonchev–Trinajstić information content (AvgIpc) is 3.00. The minimum Gasteiger partial charge on any atom is -0.404 e. The maximum absolute atomic E-state index is 12.4. The van der Waals surface area contributed by atoms with Gasteiger partial charge in [-0.05, 0) is 24.3 Å². The predicted octanol–water partition coefficient (Wildman–Crippen LogP) is 3.01. The molecule has 0 aliphatic rings. The molecule has 2 aromatic rings. The van der Waals surface area contributed by atoms with Gasteiger partial charge in [-0.25, -0.2) is 13.1 Å². The number of para-hydroxylation sites is 2. The van der Waals surface area contributed by atoms with Crippen LogP contribution in [0, 0.1) is 0 Å². The van der Waals surface area contributed by atoms with Gasteiger partial charge in [0.1, 0.15) is 4.21 Å². The SMILES string of the molecule is NC(=NCCNS(=O)(=O)c1ccc(Cl)s1)Nc1ccccc1OC(F)(F)F. The summed E-state index contributed by atoms with van der Waals surface area (Å²) < 4.78 is 67.7. The number of nitrogens with zero attached hydrogens (tertiary/aromatic N) is 1. The van der Waals surface area contributed by atoms with Crippen LogP contribution < -0.4 is 20.5 Å². The summed E-state index contributed by atoms with van der Waals surface area (Å²) in [5.41, 5.74) is 5.57. The van der Waals surface area contributed by atoms with E-state index < -0.39 is 22.1 Å². The molecule has 0 unspecified atom stereocenters. The van der Waals surface area contributed by atoms with Gasteiger partial charge in [-0.1, -0.05) is 23.7 Å². The molecule has 0 fully saturated rings. The lowest BCUT2D eigenvalue weighted by atomic mass is 10.3. The van der Waals surface area contributed by atoms with Gasteiger partial charge in [0.05, 0.1) is 16.6 Å². The molecule has 0 aliphatic heterocycles. The maximum atomic E-state index is 12.4. The third-order valence-corrected chi connectivity index (χ3v) is 6.06. The standard InChI is InChI=1S/C14H14ClF3N4O3S2/c15-11-5-6-12(26-11)27(23,24)21-8-7-20-13(19)22-9-3-1-2-4-10(9)25-14(16,17)18/h1-6,21H,7-8H2,(H3,19,20,22). The molecular formula is C14H14ClF3N4O3S2. The Labute approximate surface area is 162 Å². The number of nitrogens with one attached hydrogen (secondary N) is 2. The number of alkyl halides is 3. The van der Waals surface area contributed by atoms with Crippen molar-refractivity contribution in [2.24, 2.45) is 10.7 Å². The van der Waals surface area contributed by atoms with Gasteiger partial charge in [0.25, 0.3) is 0 Å². The van der Waals surface area contributed by atoms with Gasteiger partial charge in [-0.2, -0.15) is 0 Å². The Kier molecular flexibility index (Phi) is 6.92. The molecule has 27 heavy (non-hydrogen) atoms. The predicted molar refractivity (Wildman–Crippen MR) is 97.8 cm³/mol. The molecule has 4 N–H and O–H groups in total. The highest BCUT2D eigenvalue weighted by Gasteiger charge is 2.32. The molecule has 0 amide bonds. The van der Waals surface area contributed by atoms with Crippen molar-refractivity contribution in [2.75, 3.05) is 18.4 Å². The van der Waals surface area contributed by atoms with E-state index in [1.165, 1.54) is 30.3 Å². The number of guanidine groups is 1. The molecule has 2 rings (SSSR count). The Balaban J connectivity index is 1.92. The first kappa shape index (κ1) is 21.3. The van der Waals surface area contributed by atoms with E-state index in [0.29, 0.717) is 4.34 Å². The van der Waals surface area contributed by atoms with Gasteiger partial charge in [0, 0.05) is 6.54 Å². The molecule has 7 nitrogen and oxygen atoms in total. The van der Waals surface area contributed by atoms with Crippen molar-refractivity contribution >= 4 is 44.6 Å². The van der Waals surface area contributed by atoms with Crippen LogP contribution in [0.25, 0.3) is 0 Å². The van der Waals surface area contributed by atoms with E-state index in [4.69, 9.17) is 17.3 Å². The average molecular weight is 443 g/mol. The molecule has 0 spiro atoms. The van der Waals surface area contributed by atoms with Crippen LogP contribution in [-0.4, -0.2) is 33.8 Å². The van der Waals surface area contributed by atoms with E-state index in [1.807, 2.05) is 0 Å². The number of aliphatic imine (C=N–C) groups is 1. The minimum absolute atomic E-state index is 0.0371. The Morgan fingerprint density at radius 1 is 1.26 bits per heavy atom. The van der Waals surface area contributed by atoms with Gasteiger partial charge in [-0.3, -0.25) is 4.99 Å². The summed E-state index contributed by atoms with van der Waals surface area (Å²) in [6.45, 7) is -0.111. The van der Waals surface area contributed by atoms with E-state index in [1.54, 1.807) is 0 Å². The normalized spacial score (nSPS) is 12.8. The van der Waals surface area contributed by atoms with Crippen molar-refractivity contribution in [2.45, 2.75) is 10.6 Å². The van der Waals surface area contributed by atoms with Crippen molar-refractivity contribution in [3.63, 3.8) is 0 Å². The van der Waals surface area contributed by atoms with Gasteiger partial charge in [-0.15, -0.1) is 24.5 Å². The van der Waals surface area contributed by atoms with Gasteiger partial charge in [0.2, 0.25) is 10.0 Å². The molecule has 0 radical (unpaired) electrons. The largest absolute Gasteiger partial charge is 0.573 e. The fourth-order valence-corrected chi connectivity index (χ4v) is 4.38. The molecule has 0 aliphatic carbocycles. The van der Waals surface area contributed by atoms with Crippen molar-refractivity contribution in [1.29, 1.82) is 0 Å². The molecular weight excluding hydrogens is 429 g/mol. The number of hydrogen-bond acceptors (Lipinski definition) is 5. The number of halogens is 4. The summed E-state index contributed by atoms with van der Waals surface area (Å²) in [6.07, 6.45) is -4.85. The van der Waals surface area contributed by atoms with Crippen molar-refractivity contribution < 1.29 is 26.3 Å². The number of thiophene rings is 1. The highest BCUT2D eigenvalue weighted by Crippen LogP contribution is 2.29. The van der Waals surface area contributed by atoms with Crippen LogP contribution in [0.2, 0.25) is 4.34 Å². The summed E-state index contributed by atoms with van der Waals surface area (Å²) in [6, 6.07) is 8.12. The zero-order valence-corrected chi connectivity index (χ0v) is 15.8. The number of nitrogens with two attached hydrogens (primary N) is 1. The summed E-state index contributed by atoms with van der Waals surface area (Å²) in [5, 5.41) is 2.48. The van der Waals surface area contributed by atoms with Crippen LogP contribution in [0.1, 0.15) is 0 Å². The van der Waals surface area contributed by atoms with Crippen molar-refractivity contribution in [3.8, 4) is 5.75 Å². The zero-order valence-electron chi connectivity index (χ0n) is 13.5. The highest BCUT2D eigenvalue weighted by molar-refractivity contribution is 7.91. The fourth-order valence-electron chi connectivity index (χ4n) is 1.83. The van der Waals surface area contributed by atoms with Gasteiger partial charge in [0.15, 0.2) is 11.7 Å². The Morgan fingerprint density at radius 2 is 1.96 bits per heavy atom. The van der Waals surface area contributed by atoms with Crippen LogP contribution in [0.4, 0.5) is 18.9 Å². The third-order valence-electron chi connectivity index (χ3n) is 2.87. The minimum atomic E-state index is -4.85. The molecule has 1 aromatic heterocycles. The summed E-state index contributed by atoms with van der Waals surface area (Å²) in [5.74, 6) is -0.676. The number of benzene rings is 1.